The van der Waals surface area contributed by atoms with Gasteiger partial charge in [0.25, 0.3) is 5.91 Å². The maximum Gasteiger partial charge on any atom is 0.449 e. The first-order valence-electron chi connectivity index (χ1n) is 9.57. The number of hydrogen-bond donors (Lipinski definition) is 4. The first-order valence-corrected chi connectivity index (χ1v) is 10.4. The van der Waals surface area contributed by atoms with Crippen molar-refractivity contribution in [2.45, 2.75) is 25.9 Å². The number of piperazine rings is 1. The number of carboxylic acids is 1. The number of amidine groups is 2. The van der Waals surface area contributed by atoms with Crippen LogP contribution in [0, 0.1) is 10.8 Å². The van der Waals surface area contributed by atoms with Gasteiger partial charge in [-0.3, -0.25) is 20.4 Å². The minimum Gasteiger partial charge on any atom is -0.480 e. The Morgan fingerprint density at radius 3 is 2.62 bits per heavy atom. The van der Waals surface area contributed by atoms with Gasteiger partial charge in [0.05, 0.1) is 11.9 Å². The number of hydrogen-bond acceptors (Lipinski definition) is 8. The van der Waals surface area contributed by atoms with E-state index in [0.717, 1.165) is 17.7 Å². The molecule has 0 aromatic carbocycles. The Balaban J connectivity index is 1.95. The second-order valence-electron chi connectivity index (χ2n) is 7.00. The Labute approximate surface area is 184 Å². The highest BCUT2D eigenvalue weighted by Crippen LogP contribution is 2.33. The molecule has 14 heteroatoms. The highest BCUT2D eigenvalue weighted by atomic mass is 32.1. The SMILES string of the molecule is CCCc1cc2c(N3CCN(C(=N)C(F)(F)F)C(=N)C3)nc(C(=O)NCC(=O)O)nc2s1. The fourth-order valence-corrected chi connectivity index (χ4v) is 4.31. The van der Waals surface area contributed by atoms with Crippen LogP contribution >= 0.6 is 11.3 Å². The maximum absolute atomic E-state index is 12.9. The smallest absolute Gasteiger partial charge is 0.449 e. The number of carbonyl (C=O) groups excluding carboxylic acids is 1. The van der Waals surface area contributed by atoms with E-state index in [1.807, 2.05) is 13.0 Å². The van der Waals surface area contributed by atoms with Crippen LogP contribution in [0.1, 0.15) is 28.8 Å². The molecule has 0 bridgehead atoms. The number of carbonyl (C=O) groups is 2. The molecule has 1 saturated heterocycles. The number of aryl methyl sites for hydroxylation is 1. The van der Waals surface area contributed by atoms with E-state index < -0.39 is 36.3 Å². The summed E-state index contributed by atoms with van der Waals surface area (Å²) in [6, 6.07) is 1.85. The summed E-state index contributed by atoms with van der Waals surface area (Å²) in [4.78, 5) is 35.2. The average molecular weight is 471 g/mol. The van der Waals surface area contributed by atoms with Crippen molar-refractivity contribution in [2.24, 2.45) is 0 Å². The molecule has 1 amide bonds. The van der Waals surface area contributed by atoms with Gasteiger partial charge in [0, 0.05) is 18.0 Å². The third kappa shape index (κ3) is 4.95. The molecule has 0 atom stereocenters. The average Bonchev–Trinajstić information content (AvgIpc) is 3.12. The van der Waals surface area contributed by atoms with Crippen molar-refractivity contribution in [1.82, 2.24) is 20.2 Å². The van der Waals surface area contributed by atoms with Crippen LogP contribution in [0.4, 0.5) is 19.0 Å². The van der Waals surface area contributed by atoms with Crippen molar-refractivity contribution in [2.75, 3.05) is 31.1 Å². The van der Waals surface area contributed by atoms with Crippen molar-refractivity contribution >= 4 is 50.9 Å². The summed E-state index contributed by atoms with van der Waals surface area (Å²) in [5, 5.41) is 26.9. The Kier molecular flexibility index (Phi) is 6.62. The lowest BCUT2D eigenvalue weighted by Gasteiger charge is -2.37. The summed E-state index contributed by atoms with van der Waals surface area (Å²) in [6.07, 6.45) is -3.24. The Morgan fingerprint density at radius 1 is 1.31 bits per heavy atom. The molecule has 0 saturated carbocycles. The summed E-state index contributed by atoms with van der Waals surface area (Å²) in [5.74, 6) is -4.06. The number of halogens is 3. The van der Waals surface area contributed by atoms with Crippen molar-refractivity contribution in [3.63, 3.8) is 0 Å². The number of aromatic nitrogens is 2. The second kappa shape index (κ2) is 9.06. The van der Waals surface area contributed by atoms with E-state index in [-0.39, 0.29) is 31.3 Å². The van der Waals surface area contributed by atoms with E-state index in [1.54, 1.807) is 4.90 Å². The molecular weight excluding hydrogens is 451 g/mol. The summed E-state index contributed by atoms with van der Waals surface area (Å²) >= 11 is 1.34. The molecule has 1 aliphatic heterocycles. The van der Waals surface area contributed by atoms with Gasteiger partial charge in [-0.2, -0.15) is 13.2 Å². The molecule has 3 heterocycles. The van der Waals surface area contributed by atoms with Gasteiger partial charge in [0.1, 0.15) is 23.0 Å². The summed E-state index contributed by atoms with van der Waals surface area (Å²) in [6.45, 7) is 0.902. The van der Waals surface area contributed by atoms with Crippen LogP contribution < -0.4 is 10.2 Å². The molecule has 10 nitrogen and oxygen atoms in total. The van der Waals surface area contributed by atoms with Crippen molar-refractivity contribution in [3.05, 3.63) is 16.8 Å². The Bertz CT molecular complexity index is 1090. The summed E-state index contributed by atoms with van der Waals surface area (Å²) in [7, 11) is 0. The third-order valence-corrected chi connectivity index (χ3v) is 5.71. The Morgan fingerprint density at radius 2 is 2.03 bits per heavy atom. The Hall–Kier alpha value is -3.29. The third-order valence-electron chi connectivity index (χ3n) is 4.62. The van der Waals surface area contributed by atoms with Crippen LogP contribution in [0.5, 0.6) is 0 Å². The topological polar surface area (TPSA) is 146 Å². The number of amides is 1. The van der Waals surface area contributed by atoms with E-state index in [9.17, 15) is 22.8 Å². The number of nitrogens with one attached hydrogen (secondary N) is 3. The molecule has 2 aromatic heterocycles. The molecular formula is C18H20F3N7O3S. The van der Waals surface area contributed by atoms with Gasteiger partial charge in [-0.15, -0.1) is 11.3 Å². The number of thiophene rings is 1. The van der Waals surface area contributed by atoms with Crippen molar-refractivity contribution in [1.29, 1.82) is 10.8 Å². The van der Waals surface area contributed by atoms with E-state index in [4.69, 9.17) is 15.9 Å². The van der Waals surface area contributed by atoms with Crippen LogP contribution in [-0.4, -0.2) is 75.9 Å². The number of nitrogens with zero attached hydrogens (tertiary/aromatic N) is 4. The monoisotopic (exact) mass is 471 g/mol. The van der Waals surface area contributed by atoms with Crippen molar-refractivity contribution < 1.29 is 27.9 Å². The number of carboxylic acid groups (broad SMARTS) is 1. The molecule has 32 heavy (non-hydrogen) atoms. The van der Waals surface area contributed by atoms with E-state index in [2.05, 4.69) is 15.3 Å². The van der Waals surface area contributed by atoms with Gasteiger partial charge in [-0.25, -0.2) is 9.97 Å². The molecule has 3 rings (SSSR count). The molecule has 0 spiro atoms. The highest BCUT2D eigenvalue weighted by Gasteiger charge is 2.41. The second-order valence-corrected chi connectivity index (χ2v) is 8.11. The predicted molar refractivity (Wildman–Crippen MR) is 112 cm³/mol. The largest absolute Gasteiger partial charge is 0.480 e. The number of alkyl halides is 3. The molecule has 1 aliphatic rings. The maximum atomic E-state index is 12.9. The van der Waals surface area contributed by atoms with Gasteiger partial charge in [-0.05, 0) is 12.5 Å². The van der Waals surface area contributed by atoms with E-state index in [0.29, 0.717) is 15.1 Å². The van der Waals surface area contributed by atoms with Gasteiger partial charge >= 0.3 is 12.1 Å². The fourth-order valence-electron chi connectivity index (χ4n) is 3.18. The van der Waals surface area contributed by atoms with Crippen LogP contribution in [0.2, 0.25) is 0 Å². The van der Waals surface area contributed by atoms with Gasteiger partial charge in [-0.1, -0.05) is 13.3 Å². The molecule has 0 radical (unpaired) electrons. The van der Waals surface area contributed by atoms with Crippen LogP contribution in [0.25, 0.3) is 10.2 Å². The number of fused-ring (bicyclic) bond motifs is 1. The zero-order chi connectivity index (χ0) is 23.6. The lowest BCUT2D eigenvalue weighted by Crippen LogP contribution is -2.55. The van der Waals surface area contributed by atoms with Crippen LogP contribution in [0.3, 0.4) is 0 Å². The lowest BCUT2D eigenvalue weighted by molar-refractivity contribution is -0.135. The summed E-state index contributed by atoms with van der Waals surface area (Å²) in [5.41, 5.74) is 0. The zero-order valence-electron chi connectivity index (χ0n) is 16.9. The van der Waals surface area contributed by atoms with Gasteiger partial charge in [0.2, 0.25) is 11.7 Å². The van der Waals surface area contributed by atoms with E-state index in [1.165, 1.54) is 11.3 Å². The fraction of sp³-hybridized carbons (Fsp3) is 0.444. The standard InChI is InChI=1S/C18H20F3N7O3S/c1-2-3-9-6-10-14(25-13(26-16(10)32-9)15(31)24-7-12(29)30)27-4-5-28(11(22)8-27)17(23)18(19,20)21/h6,22-23H,2-5,7-8H2,1H3,(H,24,31)(H,29,30). The first-order chi connectivity index (χ1) is 15.0. The van der Waals surface area contributed by atoms with Crippen LogP contribution in [0.15, 0.2) is 6.07 Å². The zero-order valence-corrected chi connectivity index (χ0v) is 17.7. The van der Waals surface area contributed by atoms with Crippen LogP contribution in [-0.2, 0) is 11.2 Å². The minimum absolute atomic E-state index is 0.0299. The molecule has 1 fully saturated rings. The first kappa shape index (κ1) is 23.4. The molecule has 172 valence electrons. The number of aliphatic carboxylic acids is 1. The number of rotatable bonds is 6. The molecule has 0 unspecified atom stereocenters. The summed E-state index contributed by atoms with van der Waals surface area (Å²) < 4.78 is 38.7. The molecule has 0 aliphatic carbocycles. The van der Waals surface area contributed by atoms with Gasteiger partial charge in [0.15, 0.2) is 0 Å². The normalized spacial score (nSPS) is 14.7. The number of anilines is 1. The molecule has 2 aromatic rings. The van der Waals surface area contributed by atoms with Crippen molar-refractivity contribution in [3.8, 4) is 0 Å². The molecule has 4 N–H and O–H groups in total. The minimum atomic E-state index is -4.87. The lowest BCUT2D eigenvalue weighted by atomic mass is 10.2. The van der Waals surface area contributed by atoms with Gasteiger partial charge < -0.3 is 20.2 Å². The van der Waals surface area contributed by atoms with E-state index >= 15 is 0 Å². The quantitative estimate of drug-likeness (QED) is 0.373. The highest BCUT2D eigenvalue weighted by molar-refractivity contribution is 7.18. The predicted octanol–water partition coefficient (Wildman–Crippen LogP) is 2.10.